The zero-order valence-corrected chi connectivity index (χ0v) is 10.8. The highest BCUT2D eigenvalue weighted by atomic mass is 14.7. The molecule has 1 nitrogen and oxygen atoms in total. The van der Waals surface area contributed by atoms with Gasteiger partial charge < -0.3 is 5.73 Å². The van der Waals surface area contributed by atoms with Crippen molar-refractivity contribution in [3.63, 3.8) is 0 Å². The summed E-state index contributed by atoms with van der Waals surface area (Å²) in [6.07, 6.45) is 7.48. The third-order valence-electron chi connectivity index (χ3n) is 3.39. The van der Waals surface area contributed by atoms with Gasteiger partial charge in [0.1, 0.15) is 0 Å². The summed E-state index contributed by atoms with van der Waals surface area (Å²) in [7, 11) is 0. The molecule has 14 heavy (non-hydrogen) atoms. The summed E-state index contributed by atoms with van der Waals surface area (Å²) in [5.41, 5.74) is 6.67. The Morgan fingerprint density at radius 2 is 1.50 bits per heavy atom. The minimum absolute atomic E-state index is 0.0451. The van der Waals surface area contributed by atoms with E-state index in [0.717, 1.165) is 12.8 Å². The number of unbranched alkanes of at least 4 members (excludes halogenated alkanes) is 1. The molecule has 0 aromatic heterocycles. The summed E-state index contributed by atoms with van der Waals surface area (Å²) in [5, 5.41) is 0. The van der Waals surface area contributed by atoms with Crippen molar-refractivity contribution < 1.29 is 0 Å². The molecule has 0 rings (SSSR count). The normalized spacial score (nSPS) is 16.7. The molecule has 0 amide bonds. The molecule has 0 spiro atoms. The van der Waals surface area contributed by atoms with Gasteiger partial charge in [-0.2, -0.15) is 0 Å². The third-order valence-corrected chi connectivity index (χ3v) is 3.39. The molecule has 2 N–H and O–H groups in total. The van der Waals surface area contributed by atoms with Gasteiger partial charge in [0.15, 0.2) is 0 Å². The van der Waals surface area contributed by atoms with E-state index in [1.54, 1.807) is 0 Å². The van der Waals surface area contributed by atoms with E-state index in [1.165, 1.54) is 25.7 Å². The van der Waals surface area contributed by atoms with Crippen molar-refractivity contribution in [1.82, 2.24) is 0 Å². The number of hydrogen-bond donors (Lipinski definition) is 1. The second kappa shape index (κ2) is 5.75. The van der Waals surface area contributed by atoms with Crippen molar-refractivity contribution in [2.45, 2.75) is 78.7 Å². The Morgan fingerprint density at radius 1 is 0.929 bits per heavy atom. The van der Waals surface area contributed by atoms with Gasteiger partial charge in [0.25, 0.3) is 0 Å². The molecule has 0 fully saturated rings. The third kappa shape index (κ3) is 6.42. The van der Waals surface area contributed by atoms with Crippen LogP contribution in [0.2, 0.25) is 0 Å². The molecular weight excluding hydrogens is 170 g/mol. The average molecular weight is 199 g/mol. The molecule has 0 heterocycles. The largest absolute Gasteiger partial charge is 0.325 e. The number of hydrogen-bond acceptors (Lipinski definition) is 1. The molecule has 0 aromatic rings. The lowest BCUT2D eigenvalue weighted by atomic mass is 9.78. The van der Waals surface area contributed by atoms with Crippen LogP contribution in [-0.2, 0) is 0 Å². The molecule has 0 aliphatic heterocycles. The van der Waals surface area contributed by atoms with E-state index in [0.29, 0.717) is 5.41 Å². The fourth-order valence-electron chi connectivity index (χ4n) is 1.58. The zero-order valence-electron chi connectivity index (χ0n) is 10.8. The lowest BCUT2D eigenvalue weighted by molar-refractivity contribution is 0.252. The van der Waals surface area contributed by atoms with Crippen molar-refractivity contribution in [3.05, 3.63) is 0 Å². The summed E-state index contributed by atoms with van der Waals surface area (Å²) in [5.74, 6) is 0. The Labute approximate surface area is 90.5 Å². The smallest absolute Gasteiger partial charge is 0.0123 e. The Bertz CT molecular complexity index is 147. The quantitative estimate of drug-likeness (QED) is 0.656. The van der Waals surface area contributed by atoms with Gasteiger partial charge in [0.05, 0.1) is 0 Å². The average Bonchev–Trinajstić information content (AvgIpc) is 2.12. The highest BCUT2D eigenvalue weighted by Gasteiger charge is 2.22. The van der Waals surface area contributed by atoms with E-state index in [9.17, 15) is 0 Å². The van der Waals surface area contributed by atoms with Crippen LogP contribution in [0.3, 0.4) is 0 Å². The van der Waals surface area contributed by atoms with E-state index in [2.05, 4.69) is 34.6 Å². The standard InChI is InChI=1S/C13H29N/c1-6-8-9-12(3,4)10-11-13(5,14)7-2/h6-11,14H2,1-5H3. The fourth-order valence-corrected chi connectivity index (χ4v) is 1.58. The molecule has 0 radical (unpaired) electrons. The monoisotopic (exact) mass is 199 g/mol. The molecule has 0 aliphatic carbocycles. The Balaban J connectivity index is 3.85. The van der Waals surface area contributed by atoms with Crippen LogP contribution >= 0.6 is 0 Å². The highest BCUT2D eigenvalue weighted by Crippen LogP contribution is 2.31. The fraction of sp³-hybridized carbons (Fsp3) is 1.00. The van der Waals surface area contributed by atoms with Gasteiger partial charge in [-0.15, -0.1) is 0 Å². The van der Waals surface area contributed by atoms with Crippen molar-refractivity contribution in [2.24, 2.45) is 11.1 Å². The lowest BCUT2D eigenvalue weighted by Crippen LogP contribution is -2.36. The molecule has 86 valence electrons. The number of rotatable bonds is 7. The summed E-state index contributed by atoms with van der Waals surface area (Å²) >= 11 is 0. The van der Waals surface area contributed by atoms with Crippen LogP contribution in [0.5, 0.6) is 0 Å². The van der Waals surface area contributed by atoms with Crippen molar-refractivity contribution >= 4 is 0 Å². The molecule has 0 aromatic carbocycles. The number of nitrogens with two attached hydrogens (primary N) is 1. The van der Waals surface area contributed by atoms with Crippen molar-refractivity contribution in [3.8, 4) is 0 Å². The van der Waals surface area contributed by atoms with Gasteiger partial charge in [-0.1, -0.05) is 40.5 Å². The van der Waals surface area contributed by atoms with Crippen LogP contribution < -0.4 is 5.73 Å². The molecule has 1 heteroatoms. The van der Waals surface area contributed by atoms with Crippen LogP contribution in [0.15, 0.2) is 0 Å². The molecular formula is C13H29N. The zero-order chi connectivity index (χ0) is 11.2. The van der Waals surface area contributed by atoms with Crippen LogP contribution in [0.1, 0.15) is 73.1 Å². The van der Waals surface area contributed by atoms with Gasteiger partial charge in [-0.05, 0) is 38.0 Å². The summed E-state index contributed by atoms with van der Waals surface area (Å²) < 4.78 is 0. The summed E-state index contributed by atoms with van der Waals surface area (Å²) in [4.78, 5) is 0. The van der Waals surface area contributed by atoms with Gasteiger partial charge in [0, 0.05) is 5.54 Å². The predicted molar refractivity (Wildman–Crippen MR) is 65.4 cm³/mol. The summed E-state index contributed by atoms with van der Waals surface area (Å²) in [6, 6.07) is 0. The van der Waals surface area contributed by atoms with Gasteiger partial charge in [0.2, 0.25) is 0 Å². The Kier molecular flexibility index (Phi) is 5.73. The maximum Gasteiger partial charge on any atom is 0.0123 e. The Morgan fingerprint density at radius 3 is 1.93 bits per heavy atom. The van der Waals surface area contributed by atoms with Crippen LogP contribution in [0.25, 0.3) is 0 Å². The van der Waals surface area contributed by atoms with Crippen LogP contribution in [0, 0.1) is 5.41 Å². The van der Waals surface area contributed by atoms with Crippen LogP contribution in [0.4, 0.5) is 0 Å². The molecule has 0 aliphatic rings. The first-order chi connectivity index (χ1) is 6.33. The lowest BCUT2D eigenvalue weighted by Gasteiger charge is -2.30. The van der Waals surface area contributed by atoms with E-state index in [1.807, 2.05) is 0 Å². The SMILES string of the molecule is CCCCC(C)(C)CCC(C)(N)CC. The van der Waals surface area contributed by atoms with Gasteiger partial charge in [-0.3, -0.25) is 0 Å². The van der Waals surface area contributed by atoms with Gasteiger partial charge >= 0.3 is 0 Å². The first-order valence-corrected chi connectivity index (χ1v) is 6.12. The Hall–Kier alpha value is -0.0400. The summed E-state index contributed by atoms with van der Waals surface area (Å²) in [6.45, 7) is 11.3. The molecule has 0 saturated carbocycles. The van der Waals surface area contributed by atoms with Crippen LogP contribution in [-0.4, -0.2) is 5.54 Å². The minimum atomic E-state index is 0.0451. The maximum atomic E-state index is 6.15. The molecule has 1 atom stereocenters. The minimum Gasteiger partial charge on any atom is -0.325 e. The molecule has 0 saturated heterocycles. The predicted octanol–water partition coefficient (Wildman–Crippen LogP) is 4.11. The van der Waals surface area contributed by atoms with E-state index >= 15 is 0 Å². The maximum absolute atomic E-state index is 6.15. The molecule has 0 bridgehead atoms. The van der Waals surface area contributed by atoms with Crippen molar-refractivity contribution in [1.29, 1.82) is 0 Å². The van der Waals surface area contributed by atoms with E-state index < -0.39 is 0 Å². The second-order valence-corrected chi connectivity index (χ2v) is 5.78. The van der Waals surface area contributed by atoms with Crippen molar-refractivity contribution in [2.75, 3.05) is 0 Å². The van der Waals surface area contributed by atoms with E-state index in [4.69, 9.17) is 5.73 Å². The molecule has 1 unspecified atom stereocenters. The first-order valence-electron chi connectivity index (χ1n) is 6.12. The highest BCUT2D eigenvalue weighted by molar-refractivity contribution is 4.80. The first kappa shape index (κ1) is 14.0. The topological polar surface area (TPSA) is 26.0 Å². The van der Waals surface area contributed by atoms with E-state index in [-0.39, 0.29) is 5.54 Å². The second-order valence-electron chi connectivity index (χ2n) is 5.78. The van der Waals surface area contributed by atoms with Gasteiger partial charge in [-0.25, -0.2) is 0 Å².